The van der Waals surface area contributed by atoms with Crippen LogP contribution in [0.3, 0.4) is 0 Å². The molecule has 1 aliphatic rings. The minimum Gasteiger partial charge on any atom is -0.383 e. The lowest BCUT2D eigenvalue weighted by Crippen LogP contribution is -2.44. The summed E-state index contributed by atoms with van der Waals surface area (Å²) in [7, 11) is 1.74. The largest absolute Gasteiger partial charge is 0.383 e. The van der Waals surface area contributed by atoms with Crippen molar-refractivity contribution < 1.29 is 9.59 Å². The number of halogens is 1. The molecule has 3 N–H and O–H groups in total. The molecule has 1 aliphatic heterocycles. The van der Waals surface area contributed by atoms with E-state index in [0.717, 1.165) is 31.2 Å². The second-order valence-corrected chi connectivity index (χ2v) is 7.73. The van der Waals surface area contributed by atoms with Crippen LogP contribution in [0.2, 0.25) is 5.15 Å². The van der Waals surface area contributed by atoms with Gasteiger partial charge in [0.2, 0.25) is 5.91 Å². The minimum absolute atomic E-state index is 0.00869. The van der Waals surface area contributed by atoms with E-state index in [-0.39, 0.29) is 18.4 Å². The Balaban J connectivity index is 1.42. The average molecular weight is 420 g/mol. The zero-order valence-corrected chi connectivity index (χ0v) is 17.4. The van der Waals surface area contributed by atoms with Crippen LogP contribution < -0.4 is 11.1 Å². The molecule has 0 atom stereocenters. The van der Waals surface area contributed by atoms with E-state index in [0.29, 0.717) is 41.4 Å². The highest BCUT2D eigenvalue weighted by molar-refractivity contribution is 6.30. The normalized spacial score (nSPS) is 14.8. The first kappa shape index (κ1) is 21.0. The lowest BCUT2D eigenvalue weighted by atomic mass is 9.91. The van der Waals surface area contributed by atoms with Crippen molar-refractivity contribution in [2.24, 2.45) is 13.0 Å². The molecule has 29 heavy (non-hydrogen) atoms. The molecular weight excluding hydrogens is 394 g/mol. The summed E-state index contributed by atoms with van der Waals surface area (Å²) >= 11 is 6.20. The monoisotopic (exact) mass is 419 g/mol. The van der Waals surface area contributed by atoms with E-state index in [9.17, 15) is 9.59 Å². The molecule has 0 aromatic carbocycles. The Morgan fingerprint density at radius 3 is 2.66 bits per heavy atom. The zero-order valence-electron chi connectivity index (χ0n) is 16.7. The van der Waals surface area contributed by atoms with Gasteiger partial charge in [-0.2, -0.15) is 5.10 Å². The van der Waals surface area contributed by atoms with E-state index >= 15 is 0 Å². The van der Waals surface area contributed by atoms with Gasteiger partial charge in [0.25, 0.3) is 5.91 Å². The highest BCUT2D eigenvalue weighted by Gasteiger charge is 2.24. The summed E-state index contributed by atoms with van der Waals surface area (Å²) in [5.41, 5.74) is 7.21. The maximum absolute atomic E-state index is 12.4. The number of nitrogens with one attached hydrogen (secondary N) is 1. The van der Waals surface area contributed by atoms with Gasteiger partial charge in [-0.25, -0.2) is 9.97 Å². The van der Waals surface area contributed by atoms with E-state index in [4.69, 9.17) is 17.3 Å². The second kappa shape index (κ2) is 9.21. The fourth-order valence-corrected chi connectivity index (χ4v) is 3.85. The Morgan fingerprint density at radius 2 is 2.03 bits per heavy atom. The van der Waals surface area contributed by atoms with Gasteiger partial charge in [-0.1, -0.05) is 11.6 Å². The van der Waals surface area contributed by atoms with E-state index in [1.807, 2.05) is 0 Å². The van der Waals surface area contributed by atoms with E-state index < -0.39 is 0 Å². The van der Waals surface area contributed by atoms with Crippen molar-refractivity contribution in [3.63, 3.8) is 0 Å². The molecule has 10 heteroatoms. The average Bonchev–Trinajstić information content (AvgIpc) is 3.12. The van der Waals surface area contributed by atoms with Gasteiger partial charge in [0, 0.05) is 31.9 Å². The molecule has 0 unspecified atom stereocenters. The fourth-order valence-electron chi connectivity index (χ4n) is 3.54. The molecule has 3 heterocycles. The van der Waals surface area contributed by atoms with Crippen molar-refractivity contribution in [1.82, 2.24) is 30.0 Å². The number of hydrogen-bond donors (Lipinski definition) is 2. The SMILES string of the molecule is Cc1nc(N)c(CCC2CCN(C(=O)CNC(=O)c3cnn(C)c3)CC2)c(Cl)n1. The van der Waals surface area contributed by atoms with Crippen LogP contribution in [0, 0.1) is 12.8 Å². The summed E-state index contributed by atoms with van der Waals surface area (Å²) in [6, 6.07) is 0. The van der Waals surface area contributed by atoms with Gasteiger partial charge in [0.15, 0.2) is 0 Å². The Morgan fingerprint density at radius 1 is 1.31 bits per heavy atom. The second-order valence-electron chi connectivity index (χ2n) is 7.37. The third kappa shape index (κ3) is 5.44. The number of nitrogens with two attached hydrogens (primary N) is 1. The number of carbonyl (C=O) groups excluding carboxylic acids is 2. The van der Waals surface area contributed by atoms with Crippen LogP contribution in [-0.2, 0) is 18.3 Å². The molecule has 0 saturated carbocycles. The van der Waals surface area contributed by atoms with E-state index in [1.54, 1.807) is 29.7 Å². The van der Waals surface area contributed by atoms with Crippen molar-refractivity contribution in [1.29, 1.82) is 0 Å². The van der Waals surface area contributed by atoms with Crippen LogP contribution in [0.15, 0.2) is 12.4 Å². The molecule has 0 radical (unpaired) electrons. The molecule has 3 rings (SSSR count). The van der Waals surface area contributed by atoms with Crippen LogP contribution in [0.4, 0.5) is 5.82 Å². The Hall–Kier alpha value is -2.68. The highest BCUT2D eigenvalue weighted by Crippen LogP contribution is 2.26. The molecule has 0 bridgehead atoms. The van der Waals surface area contributed by atoms with Gasteiger partial charge in [0.05, 0.1) is 18.3 Å². The summed E-state index contributed by atoms with van der Waals surface area (Å²) < 4.78 is 1.55. The molecule has 9 nitrogen and oxygen atoms in total. The number of hydrogen-bond acceptors (Lipinski definition) is 6. The first-order valence-electron chi connectivity index (χ1n) is 9.66. The molecular formula is C19H26ClN7O2. The number of piperidine rings is 1. The van der Waals surface area contributed by atoms with Gasteiger partial charge < -0.3 is 16.0 Å². The molecule has 156 valence electrons. The quantitative estimate of drug-likeness (QED) is 0.682. The summed E-state index contributed by atoms with van der Waals surface area (Å²) in [6.07, 6.45) is 6.56. The number of carbonyl (C=O) groups is 2. The third-order valence-electron chi connectivity index (χ3n) is 5.24. The standard InChI is InChI=1S/C19H26ClN7O2/c1-12-24-17(20)15(18(21)25-12)4-3-13-5-7-27(8-6-13)16(28)10-22-19(29)14-9-23-26(2)11-14/h9,11,13H,3-8,10H2,1-2H3,(H,22,29)(H2,21,24,25). The van der Waals surface area contributed by atoms with Gasteiger partial charge in [0.1, 0.15) is 16.8 Å². The predicted molar refractivity (Wildman–Crippen MR) is 109 cm³/mol. The van der Waals surface area contributed by atoms with Crippen molar-refractivity contribution >= 4 is 29.2 Å². The van der Waals surface area contributed by atoms with E-state index in [1.165, 1.54) is 6.20 Å². The van der Waals surface area contributed by atoms with Gasteiger partial charge in [-0.3, -0.25) is 14.3 Å². The number of nitrogens with zero attached hydrogens (tertiary/aromatic N) is 5. The number of aromatic nitrogens is 4. The van der Waals surface area contributed by atoms with Crippen LogP contribution in [0.25, 0.3) is 0 Å². The van der Waals surface area contributed by atoms with Crippen LogP contribution >= 0.6 is 11.6 Å². The summed E-state index contributed by atoms with van der Waals surface area (Å²) in [4.78, 5) is 34.6. The zero-order chi connectivity index (χ0) is 21.0. The number of likely N-dealkylation sites (tertiary alicyclic amines) is 1. The topological polar surface area (TPSA) is 119 Å². The van der Waals surface area contributed by atoms with Gasteiger partial charge >= 0.3 is 0 Å². The fraction of sp³-hybridized carbons (Fsp3) is 0.526. The summed E-state index contributed by atoms with van der Waals surface area (Å²) in [5, 5.41) is 7.04. The maximum Gasteiger partial charge on any atom is 0.254 e. The van der Waals surface area contributed by atoms with Crippen molar-refractivity contribution in [3.05, 3.63) is 34.5 Å². The van der Waals surface area contributed by atoms with E-state index in [2.05, 4.69) is 20.4 Å². The van der Waals surface area contributed by atoms with Crippen LogP contribution in [-0.4, -0.2) is 56.1 Å². The lowest BCUT2D eigenvalue weighted by molar-refractivity contribution is -0.131. The first-order valence-corrected chi connectivity index (χ1v) is 10.0. The maximum atomic E-state index is 12.4. The van der Waals surface area contributed by atoms with Crippen molar-refractivity contribution in [2.45, 2.75) is 32.6 Å². The Bertz CT molecular complexity index is 867. The molecule has 2 aromatic rings. The number of rotatable bonds is 6. The number of anilines is 1. The predicted octanol–water partition coefficient (Wildman–Crippen LogP) is 1.36. The Labute approximate surface area is 174 Å². The molecule has 0 aliphatic carbocycles. The van der Waals surface area contributed by atoms with Crippen LogP contribution in [0.1, 0.15) is 41.0 Å². The number of amides is 2. The lowest BCUT2D eigenvalue weighted by Gasteiger charge is -2.32. The molecule has 1 fully saturated rings. The first-order chi connectivity index (χ1) is 13.8. The van der Waals surface area contributed by atoms with Crippen molar-refractivity contribution in [3.8, 4) is 0 Å². The third-order valence-corrected chi connectivity index (χ3v) is 5.55. The molecule has 0 spiro atoms. The summed E-state index contributed by atoms with van der Waals surface area (Å²) in [6.45, 7) is 3.11. The minimum atomic E-state index is -0.295. The van der Waals surface area contributed by atoms with Crippen molar-refractivity contribution in [2.75, 3.05) is 25.4 Å². The smallest absolute Gasteiger partial charge is 0.254 e. The van der Waals surface area contributed by atoms with Gasteiger partial charge in [-0.05, 0) is 38.5 Å². The number of nitrogen functional groups attached to an aromatic ring is 1. The van der Waals surface area contributed by atoms with Crippen LogP contribution in [0.5, 0.6) is 0 Å². The Kier molecular flexibility index (Phi) is 6.68. The molecule has 1 saturated heterocycles. The molecule has 2 amide bonds. The molecule has 2 aromatic heterocycles. The summed E-state index contributed by atoms with van der Waals surface area (Å²) in [5.74, 6) is 1.13. The van der Waals surface area contributed by atoms with Gasteiger partial charge in [-0.15, -0.1) is 0 Å². The number of aryl methyl sites for hydroxylation is 2. The highest BCUT2D eigenvalue weighted by atomic mass is 35.5.